The Morgan fingerprint density at radius 3 is 2.72 bits per heavy atom. The summed E-state index contributed by atoms with van der Waals surface area (Å²) >= 11 is 9.18. The third-order valence-electron chi connectivity index (χ3n) is 2.19. The number of rotatable bonds is 2. The second kappa shape index (κ2) is 5.34. The van der Waals surface area contributed by atoms with E-state index >= 15 is 0 Å². The highest BCUT2D eigenvalue weighted by Crippen LogP contribution is 2.26. The van der Waals surface area contributed by atoms with Gasteiger partial charge < -0.3 is 5.32 Å². The largest absolute Gasteiger partial charge is 0.339 e. The molecule has 2 aromatic rings. The molecule has 0 bridgehead atoms. The molecule has 1 N–H and O–H groups in total. The van der Waals surface area contributed by atoms with Crippen LogP contribution in [0.4, 0.5) is 11.5 Å². The van der Waals surface area contributed by atoms with Crippen molar-refractivity contribution in [1.29, 1.82) is 5.26 Å². The fourth-order valence-electron chi connectivity index (χ4n) is 1.42. The van der Waals surface area contributed by atoms with Crippen molar-refractivity contribution < 1.29 is 0 Å². The molecule has 1 aromatic carbocycles. The summed E-state index contributed by atoms with van der Waals surface area (Å²) in [6, 6.07) is 9.12. The zero-order valence-electron chi connectivity index (χ0n) is 9.41. The van der Waals surface area contributed by atoms with Crippen molar-refractivity contribution in [2.75, 3.05) is 5.32 Å². The predicted octanol–water partition coefficient (Wildman–Crippen LogP) is 3.82. The van der Waals surface area contributed by atoms with E-state index in [4.69, 9.17) is 16.9 Å². The van der Waals surface area contributed by atoms with Gasteiger partial charge in [0, 0.05) is 16.2 Å². The molecule has 2 rings (SSSR count). The Bertz CT molecular complexity index is 616. The van der Waals surface area contributed by atoms with E-state index in [1.807, 2.05) is 6.92 Å². The minimum Gasteiger partial charge on any atom is -0.339 e. The molecule has 1 heterocycles. The van der Waals surface area contributed by atoms with Crippen molar-refractivity contribution in [3.63, 3.8) is 0 Å². The number of aryl methyl sites for hydroxylation is 1. The molecule has 0 aliphatic heterocycles. The van der Waals surface area contributed by atoms with Gasteiger partial charge in [0.25, 0.3) is 0 Å². The average molecular weight is 324 g/mol. The minimum absolute atomic E-state index is 0.197. The average Bonchev–Trinajstić information content (AvgIpc) is 2.30. The quantitative estimate of drug-likeness (QED) is 0.854. The Labute approximate surface area is 118 Å². The Morgan fingerprint density at radius 1 is 1.33 bits per heavy atom. The van der Waals surface area contributed by atoms with Gasteiger partial charge in [-0.2, -0.15) is 5.26 Å². The van der Waals surface area contributed by atoms with Crippen LogP contribution in [0.15, 0.2) is 28.7 Å². The van der Waals surface area contributed by atoms with Gasteiger partial charge in [0.15, 0.2) is 0 Å². The van der Waals surface area contributed by atoms with E-state index in [1.54, 1.807) is 24.3 Å². The molecule has 0 spiro atoms. The molecule has 0 aliphatic carbocycles. The van der Waals surface area contributed by atoms with Crippen LogP contribution < -0.4 is 5.32 Å². The SMILES string of the molecule is Cc1cc(Nc2ccc(C#N)cc2Br)nc(Cl)n1. The standard InChI is InChI=1S/C12H8BrClN4/c1-7-4-11(18-12(14)16-7)17-10-3-2-8(6-15)5-9(10)13/h2-5H,1H3,(H,16,17,18). The lowest BCUT2D eigenvalue weighted by molar-refractivity contribution is 1.10. The van der Waals surface area contributed by atoms with Crippen LogP contribution in [-0.4, -0.2) is 9.97 Å². The number of nitrogens with one attached hydrogen (secondary N) is 1. The maximum Gasteiger partial charge on any atom is 0.224 e. The van der Waals surface area contributed by atoms with Crippen molar-refractivity contribution in [2.45, 2.75) is 6.92 Å². The minimum atomic E-state index is 0.197. The lowest BCUT2D eigenvalue weighted by Crippen LogP contribution is -1.97. The lowest BCUT2D eigenvalue weighted by atomic mass is 10.2. The first-order valence-electron chi connectivity index (χ1n) is 5.06. The summed E-state index contributed by atoms with van der Waals surface area (Å²) < 4.78 is 0.786. The Kier molecular flexibility index (Phi) is 3.80. The third-order valence-corrected chi connectivity index (χ3v) is 3.01. The van der Waals surface area contributed by atoms with Gasteiger partial charge in [-0.1, -0.05) is 0 Å². The van der Waals surface area contributed by atoms with Crippen LogP contribution in [0, 0.1) is 18.3 Å². The van der Waals surface area contributed by atoms with Crippen LogP contribution in [0.25, 0.3) is 0 Å². The molecule has 0 saturated heterocycles. The summed E-state index contributed by atoms with van der Waals surface area (Å²) in [5.41, 5.74) is 2.18. The highest BCUT2D eigenvalue weighted by molar-refractivity contribution is 9.10. The first-order chi connectivity index (χ1) is 8.58. The van der Waals surface area contributed by atoms with E-state index in [2.05, 4.69) is 37.3 Å². The van der Waals surface area contributed by atoms with E-state index in [0.29, 0.717) is 11.4 Å². The summed E-state index contributed by atoms with van der Waals surface area (Å²) in [6.07, 6.45) is 0. The zero-order valence-corrected chi connectivity index (χ0v) is 11.7. The fraction of sp³-hybridized carbons (Fsp3) is 0.0833. The summed E-state index contributed by atoms with van der Waals surface area (Å²) in [6.45, 7) is 1.84. The molecule has 4 nitrogen and oxygen atoms in total. The molecule has 0 atom stereocenters. The molecular weight excluding hydrogens is 316 g/mol. The summed E-state index contributed by atoms with van der Waals surface area (Å²) in [5, 5.41) is 12.1. The Balaban J connectivity index is 2.31. The smallest absolute Gasteiger partial charge is 0.224 e. The molecule has 0 saturated carbocycles. The van der Waals surface area contributed by atoms with Gasteiger partial charge in [0.2, 0.25) is 5.28 Å². The van der Waals surface area contributed by atoms with Gasteiger partial charge in [-0.3, -0.25) is 0 Å². The van der Waals surface area contributed by atoms with Gasteiger partial charge in [-0.25, -0.2) is 9.97 Å². The highest BCUT2D eigenvalue weighted by Gasteiger charge is 2.04. The van der Waals surface area contributed by atoms with E-state index in [0.717, 1.165) is 15.9 Å². The van der Waals surface area contributed by atoms with E-state index in [1.165, 1.54) is 0 Å². The van der Waals surface area contributed by atoms with Gasteiger partial charge in [-0.15, -0.1) is 0 Å². The summed E-state index contributed by atoms with van der Waals surface area (Å²) in [4.78, 5) is 8.06. The molecular formula is C12H8BrClN4. The van der Waals surface area contributed by atoms with Crippen LogP contribution >= 0.6 is 27.5 Å². The van der Waals surface area contributed by atoms with E-state index in [9.17, 15) is 0 Å². The monoisotopic (exact) mass is 322 g/mol. The fourth-order valence-corrected chi connectivity index (χ4v) is 2.12. The third kappa shape index (κ3) is 2.97. The van der Waals surface area contributed by atoms with Crippen LogP contribution in [-0.2, 0) is 0 Å². The molecule has 0 unspecified atom stereocenters. The maximum atomic E-state index is 8.79. The number of hydrogen-bond donors (Lipinski definition) is 1. The molecule has 1 aromatic heterocycles. The normalized spacial score (nSPS) is 9.89. The second-order valence-corrected chi connectivity index (χ2v) is 4.79. The van der Waals surface area contributed by atoms with Gasteiger partial charge in [0.05, 0.1) is 17.3 Å². The topological polar surface area (TPSA) is 61.6 Å². The van der Waals surface area contributed by atoms with Crippen LogP contribution in [0.1, 0.15) is 11.3 Å². The number of benzene rings is 1. The van der Waals surface area contributed by atoms with Gasteiger partial charge in [-0.05, 0) is 52.7 Å². The maximum absolute atomic E-state index is 8.79. The van der Waals surface area contributed by atoms with Crippen LogP contribution in [0.3, 0.4) is 0 Å². The predicted molar refractivity (Wildman–Crippen MR) is 73.9 cm³/mol. The lowest BCUT2D eigenvalue weighted by Gasteiger charge is -2.08. The summed E-state index contributed by atoms with van der Waals surface area (Å²) in [5.74, 6) is 0.609. The number of aromatic nitrogens is 2. The number of halogens is 2. The molecule has 0 radical (unpaired) electrons. The number of nitrogens with zero attached hydrogens (tertiary/aromatic N) is 3. The first-order valence-corrected chi connectivity index (χ1v) is 6.23. The molecule has 18 heavy (non-hydrogen) atoms. The van der Waals surface area contributed by atoms with Crippen molar-refractivity contribution in [3.05, 3.63) is 45.3 Å². The van der Waals surface area contributed by atoms with Crippen molar-refractivity contribution >= 4 is 39.0 Å². The molecule has 6 heteroatoms. The highest BCUT2D eigenvalue weighted by atomic mass is 79.9. The molecule has 90 valence electrons. The van der Waals surface area contributed by atoms with Crippen molar-refractivity contribution in [1.82, 2.24) is 9.97 Å². The number of anilines is 2. The van der Waals surface area contributed by atoms with E-state index in [-0.39, 0.29) is 5.28 Å². The van der Waals surface area contributed by atoms with Gasteiger partial charge in [0.1, 0.15) is 5.82 Å². The van der Waals surface area contributed by atoms with Crippen LogP contribution in [0.5, 0.6) is 0 Å². The molecule has 0 aliphatic rings. The second-order valence-electron chi connectivity index (χ2n) is 3.60. The zero-order chi connectivity index (χ0) is 13.1. The van der Waals surface area contributed by atoms with Gasteiger partial charge >= 0.3 is 0 Å². The summed E-state index contributed by atoms with van der Waals surface area (Å²) in [7, 11) is 0. The molecule has 0 amide bonds. The molecule has 0 fully saturated rings. The van der Waals surface area contributed by atoms with E-state index < -0.39 is 0 Å². The number of hydrogen-bond acceptors (Lipinski definition) is 4. The van der Waals surface area contributed by atoms with Crippen molar-refractivity contribution in [3.8, 4) is 6.07 Å². The first kappa shape index (κ1) is 12.8. The van der Waals surface area contributed by atoms with Crippen LogP contribution in [0.2, 0.25) is 5.28 Å². The number of nitriles is 1. The van der Waals surface area contributed by atoms with Crippen molar-refractivity contribution in [2.24, 2.45) is 0 Å². The Hall–Kier alpha value is -1.64. The Morgan fingerprint density at radius 2 is 2.11 bits per heavy atom.